The molecule has 0 saturated heterocycles. The number of carboxylic acids is 1. The van der Waals surface area contributed by atoms with E-state index in [1.807, 2.05) is 0 Å². The molecule has 19 heavy (non-hydrogen) atoms. The molecule has 0 aromatic carbocycles. The van der Waals surface area contributed by atoms with Crippen molar-refractivity contribution >= 4 is 5.97 Å². The third-order valence-corrected chi connectivity index (χ3v) is 3.56. The third kappa shape index (κ3) is 17.3. The standard InChI is InChI=1S/C17H32O2/c1-2-3-4-5-6-7-8-9-10-11-12-13-14-15-16-17(18)19/h8H,2-7,9-16H2,1H3/p+1. The summed E-state index contributed by atoms with van der Waals surface area (Å²) in [6, 6.07) is 0. The molecule has 0 heterocycles. The number of carbonyl (C=O) groups is 1. The van der Waals surface area contributed by atoms with Crippen molar-refractivity contribution < 1.29 is 9.90 Å². The lowest BCUT2D eigenvalue weighted by molar-refractivity contribution is -0.137. The van der Waals surface area contributed by atoms with Gasteiger partial charge in [-0.05, 0) is 32.1 Å². The van der Waals surface area contributed by atoms with Gasteiger partial charge in [-0.3, -0.25) is 4.79 Å². The van der Waals surface area contributed by atoms with Crippen LogP contribution in [0.1, 0.15) is 96.8 Å². The smallest absolute Gasteiger partial charge is 0.303 e. The lowest BCUT2D eigenvalue weighted by Crippen LogP contribution is -1.93. The van der Waals surface area contributed by atoms with Crippen LogP contribution in [-0.4, -0.2) is 11.1 Å². The van der Waals surface area contributed by atoms with Crippen molar-refractivity contribution in [1.82, 2.24) is 0 Å². The molecule has 2 heteroatoms. The largest absolute Gasteiger partial charge is 0.481 e. The number of aliphatic carboxylic acids is 1. The van der Waals surface area contributed by atoms with E-state index in [4.69, 9.17) is 5.11 Å². The fourth-order valence-corrected chi connectivity index (χ4v) is 2.31. The SMILES string of the molecule is CCCCCCC[CH+]CCCCCCCCC(=O)O. The second-order valence-corrected chi connectivity index (χ2v) is 5.55. The maximum atomic E-state index is 10.3. The predicted octanol–water partition coefficient (Wildman–Crippen LogP) is 5.76. The molecule has 112 valence electrons. The summed E-state index contributed by atoms with van der Waals surface area (Å²) in [5, 5.41) is 8.50. The molecular weight excluding hydrogens is 236 g/mol. The van der Waals surface area contributed by atoms with Gasteiger partial charge in [-0.1, -0.05) is 45.4 Å². The highest BCUT2D eigenvalue weighted by molar-refractivity contribution is 5.66. The quantitative estimate of drug-likeness (QED) is 0.303. The molecule has 0 aliphatic heterocycles. The van der Waals surface area contributed by atoms with Crippen LogP contribution >= 0.6 is 0 Å². The minimum absolute atomic E-state index is 0.339. The van der Waals surface area contributed by atoms with E-state index in [0.717, 1.165) is 12.8 Å². The third-order valence-electron chi connectivity index (χ3n) is 3.56. The van der Waals surface area contributed by atoms with E-state index in [0.29, 0.717) is 6.42 Å². The highest BCUT2D eigenvalue weighted by Gasteiger charge is 2.00. The van der Waals surface area contributed by atoms with E-state index in [1.165, 1.54) is 70.6 Å². The lowest BCUT2D eigenvalue weighted by Gasteiger charge is -1.99. The molecule has 0 aromatic heterocycles. The summed E-state index contributed by atoms with van der Waals surface area (Å²) < 4.78 is 0. The van der Waals surface area contributed by atoms with Crippen LogP contribution in [0.5, 0.6) is 0 Å². The molecule has 0 atom stereocenters. The van der Waals surface area contributed by atoms with Gasteiger partial charge < -0.3 is 5.11 Å². The number of unbranched alkanes of at least 4 members (excludes halogenated alkanes) is 13. The Morgan fingerprint density at radius 2 is 1.26 bits per heavy atom. The van der Waals surface area contributed by atoms with Gasteiger partial charge in [0.15, 0.2) is 0 Å². The summed E-state index contributed by atoms with van der Waals surface area (Å²) in [4.78, 5) is 10.3. The first-order valence-corrected chi connectivity index (χ1v) is 8.30. The Labute approximate surface area is 120 Å². The van der Waals surface area contributed by atoms with E-state index in [-0.39, 0.29) is 0 Å². The zero-order valence-electron chi connectivity index (χ0n) is 12.8. The minimum atomic E-state index is -0.659. The van der Waals surface area contributed by atoms with Gasteiger partial charge >= 0.3 is 5.97 Å². The molecule has 0 aliphatic carbocycles. The van der Waals surface area contributed by atoms with Crippen molar-refractivity contribution in [3.05, 3.63) is 6.42 Å². The fourth-order valence-electron chi connectivity index (χ4n) is 2.31. The first kappa shape index (κ1) is 18.3. The minimum Gasteiger partial charge on any atom is -0.481 e. The molecule has 0 radical (unpaired) electrons. The Balaban J connectivity index is 2.93. The van der Waals surface area contributed by atoms with Crippen LogP contribution in [-0.2, 0) is 4.79 Å². The molecule has 0 aromatic rings. The molecule has 0 unspecified atom stereocenters. The molecule has 1 N–H and O–H groups in total. The summed E-state index contributed by atoms with van der Waals surface area (Å²) in [5.41, 5.74) is 0. The molecule has 0 spiro atoms. The second-order valence-electron chi connectivity index (χ2n) is 5.55. The fraction of sp³-hybridized carbons (Fsp3) is 0.882. The highest BCUT2D eigenvalue weighted by atomic mass is 16.4. The van der Waals surface area contributed by atoms with Crippen molar-refractivity contribution in [2.75, 3.05) is 0 Å². The second kappa shape index (κ2) is 15.4. The van der Waals surface area contributed by atoms with Crippen LogP contribution in [0.15, 0.2) is 0 Å². The Hall–Kier alpha value is -0.660. The number of hydrogen-bond acceptors (Lipinski definition) is 1. The number of rotatable bonds is 15. The maximum absolute atomic E-state index is 10.3. The van der Waals surface area contributed by atoms with Crippen LogP contribution in [0.3, 0.4) is 0 Å². The number of hydrogen-bond donors (Lipinski definition) is 1. The van der Waals surface area contributed by atoms with Crippen molar-refractivity contribution in [2.24, 2.45) is 0 Å². The van der Waals surface area contributed by atoms with Gasteiger partial charge in [-0.25, -0.2) is 0 Å². The summed E-state index contributed by atoms with van der Waals surface area (Å²) in [5.74, 6) is -0.659. The first-order valence-electron chi connectivity index (χ1n) is 8.30. The van der Waals surface area contributed by atoms with Crippen molar-refractivity contribution in [2.45, 2.75) is 96.8 Å². The molecule has 0 rings (SSSR count). The molecule has 0 aliphatic rings. The van der Waals surface area contributed by atoms with Crippen LogP contribution in [0.4, 0.5) is 0 Å². The van der Waals surface area contributed by atoms with Crippen LogP contribution < -0.4 is 0 Å². The Morgan fingerprint density at radius 3 is 1.79 bits per heavy atom. The predicted molar refractivity (Wildman–Crippen MR) is 82.2 cm³/mol. The van der Waals surface area contributed by atoms with Crippen LogP contribution in [0.25, 0.3) is 0 Å². The normalized spacial score (nSPS) is 10.6. The summed E-state index contributed by atoms with van der Waals surface area (Å²) in [7, 11) is 0. The van der Waals surface area contributed by atoms with E-state index in [9.17, 15) is 4.79 Å². The average Bonchev–Trinajstić information content (AvgIpc) is 2.39. The maximum Gasteiger partial charge on any atom is 0.303 e. The Kier molecular flexibility index (Phi) is 14.9. The van der Waals surface area contributed by atoms with Crippen molar-refractivity contribution in [1.29, 1.82) is 0 Å². The van der Waals surface area contributed by atoms with E-state index >= 15 is 0 Å². The monoisotopic (exact) mass is 269 g/mol. The first-order chi connectivity index (χ1) is 9.27. The molecular formula is C17H33O2+. The van der Waals surface area contributed by atoms with Gasteiger partial charge in [0.25, 0.3) is 0 Å². The van der Waals surface area contributed by atoms with Gasteiger partial charge in [-0.15, -0.1) is 0 Å². The molecule has 0 fully saturated rings. The highest BCUT2D eigenvalue weighted by Crippen LogP contribution is 2.12. The van der Waals surface area contributed by atoms with E-state index in [1.54, 1.807) is 0 Å². The zero-order chi connectivity index (χ0) is 14.2. The topological polar surface area (TPSA) is 37.3 Å². The van der Waals surface area contributed by atoms with Crippen molar-refractivity contribution in [3.63, 3.8) is 0 Å². The van der Waals surface area contributed by atoms with Crippen LogP contribution in [0, 0.1) is 6.42 Å². The average molecular weight is 269 g/mol. The van der Waals surface area contributed by atoms with Gasteiger partial charge in [0.2, 0.25) is 0 Å². The number of carboxylic acid groups (broad SMARTS) is 1. The van der Waals surface area contributed by atoms with Gasteiger partial charge in [0.1, 0.15) is 0 Å². The summed E-state index contributed by atoms with van der Waals surface area (Å²) >= 11 is 0. The summed E-state index contributed by atoms with van der Waals surface area (Å²) in [6.45, 7) is 2.26. The Bertz CT molecular complexity index is 190. The molecule has 0 saturated carbocycles. The van der Waals surface area contributed by atoms with Gasteiger partial charge in [0, 0.05) is 6.42 Å². The molecule has 0 amide bonds. The van der Waals surface area contributed by atoms with E-state index < -0.39 is 5.97 Å². The molecule has 2 nitrogen and oxygen atoms in total. The zero-order valence-corrected chi connectivity index (χ0v) is 12.8. The van der Waals surface area contributed by atoms with Crippen molar-refractivity contribution in [3.8, 4) is 0 Å². The van der Waals surface area contributed by atoms with Crippen LogP contribution in [0.2, 0.25) is 0 Å². The van der Waals surface area contributed by atoms with E-state index in [2.05, 4.69) is 13.3 Å². The van der Waals surface area contributed by atoms with Gasteiger partial charge in [-0.2, -0.15) is 0 Å². The lowest BCUT2D eigenvalue weighted by atomic mass is 10.0. The summed E-state index contributed by atoms with van der Waals surface area (Å²) in [6.07, 6.45) is 19.3. The van der Waals surface area contributed by atoms with Gasteiger partial charge in [0.05, 0.1) is 19.3 Å². The molecule has 0 bridgehead atoms. The Morgan fingerprint density at radius 1 is 0.789 bits per heavy atom.